The van der Waals surface area contributed by atoms with Crippen molar-refractivity contribution in [1.82, 2.24) is 10.6 Å². The van der Waals surface area contributed by atoms with Gasteiger partial charge < -0.3 is 15.7 Å². The molecule has 1 aliphatic heterocycles. The maximum atomic E-state index is 12.1. The molecule has 2 unspecified atom stereocenters. The number of amides is 1. The predicted molar refractivity (Wildman–Crippen MR) is 71.7 cm³/mol. The number of carboxylic acids is 1. The van der Waals surface area contributed by atoms with E-state index in [0.717, 1.165) is 38.8 Å². The number of rotatable bonds is 6. The maximum Gasteiger partial charge on any atom is 0.303 e. The van der Waals surface area contributed by atoms with Crippen LogP contribution < -0.4 is 10.6 Å². The molecule has 3 N–H and O–H groups in total. The van der Waals surface area contributed by atoms with Crippen LogP contribution >= 0.6 is 0 Å². The molecule has 108 valence electrons. The van der Waals surface area contributed by atoms with Crippen LogP contribution in [-0.2, 0) is 9.59 Å². The maximum absolute atomic E-state index is 12.1. The Morgan fingerprint density at radius 1 is 1.42 bits per heavy atom. The third kappa shape index (κ3) is 3.47. The molecule has 0 aromatic rings. The molecule has 0 aromatic heterocycles. The summed E-state index contributed by atoms with van der Waals surface area (Å²) in [5.41, 5.74) is 0.254. The smallest absolute Gasteiger partial charge is 0.303 e. The predicted octanol–water partition coefficient (Wildman–Crippen LogP) is 0.993. The van der Waals surface area contributed by atoms with Crippen LogP contribution in [-0.4, -0.2) is 36.6 Å². The second-order valence-corrected chi connectivity index (χ2v) is 5.99. The molecule has 19 heavy (non-hydrogen) atoms. The van der Waals surface area contributed by atoms with Crippen molar-refractivity contribution in [3.05, 3.63) is 0 Å². The van der Waals surface area contributed by atoms with Crippen molar-refractivity contribution >= 4 is 11.9 Å². The first-order valence-electron chi connectivity index (χ1n) is 7.27. The summed E-state index contributed by atoms with van der Waals surface area (Å²) in [4.78, 5) is 22.8. The first-order chi connectivity index (χ1) is 9.07. The molecule has 1 heterocycles. The van der Waals surface area contributed by atoms with Crippen molar-refractivity contribution in [2.45, 2.75) is 39.0 Å². The Bertz CT molecular complexity index is 351. The van der Waals surface area contributed by atoms with Gasteiger partial charge in [-0.25, -0.2) is 0 Å². The molecule has 1 saturated heterocycles. The van der Waals surface area contributed by atoms with E-state index in [1.54, 1.807) is 0 Å². The van der Waals surface area contributed by atoms with Crippen molar-refractivity contribution in [2.24, 2.45) is 17.3 Å². The topological polar surface area (TPSA) is 78.4 Å². The number of hydrogen-bond donors (Lipinski definition) is 3. The van der Waals surface area contributed by atoms with Gasteiger partial charge in [0.1, 0.15) is 0 Å². The van der Waals surface area contributed by atoms with Gasteiger partial charge in [-0.3, -0.25) is 9.59 Å². The third-order valence-corrected chi connectivity index (χ3v) is 4.71. The Balaban J connectivity index is 1.74. The lowest BCUT2D eigenvalue weighted by atomic mass is 9.91. The van der Waals surface area contributed by atoms with E-state index in [0.29, 0.717) is 6.54 Å². The van der Waals surface area contributed by atoms with Gasteiger partial charge in [0.15, 0.2) is 0 Å². The summed E-state index contributed by atoms with van der Waals surface area (Å²) in [5, 5.41) is 15.1. The van der Waals surface area contributed by atoms with Gasteiger partial charge in [-0.15, -0.1) is 0 Å². The van der Waals surface area contributed by atoms with Gasteiger partial charge in [-0.1, -0.05) is 13.3 Å². The van der Waals surface area contributed by atoms with Crippen LogP contribution in [0.1, 0.15) is 39.0 Å². The van der Waals surface area contributed by atoms with E-state index in [1.165, 1.54) is 0 Å². The van der Waals surface area contributed by atoms with E-state index >= 15 is 0 Å². The third-order valence-electron chi connectivity index (χ3n) is 4.71. The van der Waals surface area contributed by atoms with Crippen molar-refractivity contribution in [3.63, 3.8) is 0 Å². The van der Waals surface area contributed by atoms with Crippen LogP contribution in [0.3, 0.4) is 0 Å². The van der Waals surface area contributed by atoms with Crippen molar-refractivity contribution in [3.8, 4) is 0 Å². The van der Waals surface area contributed by atoms with Gasteiger partial charge in [0.25, 0.3) is 0 Å². The van der Waals surface area contributed by atoms with E-state index in [9.17, 15) is 9.59 Å². The zero-order chi connectivity index (χ0) is 13.9. The molecule has 5 heteroatoms. The highest BCUT2D eigenvalue weighted by Gasteiger charge is 2.57. The zero-order valence-corrected chi connectivity index (χ0v) is 11.6. The second-order valence-electron chi connectivity index (χ2n) is 5.99. The minimum Gasteiger partial charge on any atom is -0.481 e. The number of aliphatic carboxylic acids is 1. The van der Waals surface area contributed by atoms with Crippen LogP contribution in [0.4, 0.5) is 0 Å². The van der Waals surface area contributed by atoms with Gasteiger partial charge in [0, 0.05) is 18.9 Å². The Labute approximate surface area is 114 Å². The molecule has 1 amide bonds. The van der Waals surface area contributed by atoms with Gasteiger partial charge >= 0.3 is 5.97 Å². The van der Waals surface area contributed by atoms with Gasteiger partial charge in [0.2, 0.25) is 5.91 Å². The highest BCUT2D eigenvalue weighted by Crippen LogP contribution is 2.58. The average molecular weight is 268 g/mol. The molecule has 1 aliphatic carbocycles. The fraction of sp³-hybridized carbons (Fsp3) is 0.857. The summed E-state index contributed by atoms with van der Waals surface area (Å²) in [7, 11) is 0. The summed E-state index contributed by atoms with van der Waals surface area (Å²) in [6.45, 7) is 4.48. The van der Waals surface area contributed by atoms with E-state index in [1.807, 2.05) is 6.92 Å². The van der Waals surface area contributed by atoms with Crippen LogP contribution in [0.2, 0.25) is 0 Å². The molecule has 1 spiro atoms. The van der Waals surface area contributed by atoms with E-state index < -0.39 is 5.97 Å². The fourth-order valence-electron chi connectivity index (χ4n) is 3.17. The van der Waals surface area contributed by atoms with Crippen molar-refractivity contribution in [1.29, 1.82) is 0 Å². The van der Waals surface area contributed by atoms with Gasteiger partial charge in [-0.05, 0) is 43.7 Å². The molecule has 2 rings (SSSR count). The number of carbonyl (C=O) groups is 2. The van der Waals surface area contributed by atoms with Crippen LogP contribution in [0.5, 0.6) is 0 Å². The van der Waals surface area contributed by atoms with Crippen LogP contribution in [0.25, 0.3) is 0 Å². The summed E-state index contributed by atoms with van der Waals surface area (Å²) in [6, 6.07) is 0. The first-order valence-corrected chi connectivity index (χ1v) is 7.27. The summed E-state index contributed by atoms with van der Waals surface area (Å²) >= 11 is 0. The summed E-state index contributed by atoms with van der Waals surface area (Å²) in [5.74, 6) is -0.450. The van der Waals surface area contributed by atoms with Crippen molar-refractivity contribution in [2.75, 3.05) is 19.6 Å². The lowest BCUT2D eigenvalue weighted by Gasteiger charge is -2.23. The molecule has 0 aromatic carbocycles. The lowest BCUT2D eigenvalue weighted by Crippen LogP contribution is -2.35. The molecule has 2 atom stereocenters. The van der Waals surface area contributed by atoms with E-state index in [2.05, 4.69) is 10.6 Å². The first kappa shape index (κ1) is 14.3. The number of carboxylic acid groups (broad SMARTS) is 1. The minimum absolute atomic E-state index is 0.0455. The molecular formula is C14H24N2O3. The highest BCUT2D eigenvalue weighted by atomic mass is 16.4. The SMILES string of the molecule is CCC(CNC(=O)C1CC12CCNCC2)CC(=O)O. The Hall–Kier alpha value is -1.10. The number of hydrogen-bond acceptors (Lipinski definition) is 3. The summed E-state index contributed by atoms with van der Waals surface area (Å²) in [6.07, 6.45) is 4.12. The van der Waals surface area contributed by atoms with Gasteiger partial charge in [-0.2, -0.15) is 0 Å². The number of piperidine rings is 1. The summed E-state index contributed by atoms with van der Waals surface area (Å²) < 4.78 is 0. The zero-order valence-electron chi connectivity index (χ0n) is 11.6. The lowest BCUT2D eigenvalue weighted by molar-refractivity contribution is -0.138. The molecular weight excluding hydrogens is 244 g/mol. The molecule has 2 aliphatic rings. The fourth-order valence-corrected chi connectivity index (χ4v) is 3.17. The molecule has 0 radical (unpaired) electrons. The number of carbonyl (C=O) groups excluding carboxylic acids is 1. The molecule has 1 saturated carbocycles. The normalized spacial score (nSPS) is 25.8. The van der Waals surface area contributed by atoms with E-state index in [4.69, 9.17) is 5.11 Å². The van der Waals surface area contributed by atoms with E-state index in [-0.39, 0.29) is 29.6 Å². The Kier molecular flexibility index (Phi) is 4.45. The molecule has 5 nitrogen and oxygen atoms in total. The Morgan fingerprint density at radius 2 is 2.11 bits per heavy atom. The highest BCUT2D eigenvalue weighted by molar-refractivity contribution is 5.82. The minimum atomic E-state index is -0.789. The standard InChI is InChI=1S/C14H24N2O3/c1-2-10(7-12(17)18)9-16-13(19)11-8-14(11)3-5-15-6-4-14/h10-11,15H,2-9H2,1H3,(H,16,19)(H,17,18). The average Bonchev–Trinajstić information content (AvgIpc) is 3.08. The monoisotopic (exact) mass is 268 g/mol. The number of nitrogens with one attached hydrogen (secondary N) is 2. The second kappa shape index (κ2) is 5.90. The van der Waals surface area contributed by atoms with Crippen molar-refractivity contribution < 1.29 is 14.7 Å². The van der Waals surface area contributed by atoms with Gasteiger partial charge in [0.05, 0.1) is 0 Å². The quantitative estimate of drug-likeness (QED) is 0.671. The molecule has 2 fully saturated rings. The van der Waals surface area contributed by atoms with Crippen LogP contribution in [0, 0.1) is 17.3 Å². The Morgan fingerprint density at radius 3 is 2.68 bits per heavy atom. The van der Waals surface area contributed by atoms with Crippen LogP contribution in [0.15, 0.2) is 0 Å². The molecule has 0 bridgehead atoms. The largest absolute Gasteiger partial charge is 0.481 e.